The summed E-state index contributed by atoms with van der Waals surface area (Å²) >= 11 is 0. The molecule has 0 bridgehead atoms. The predicted octanol–water partition coefficient (Wildman–Crippen LogP) is 25.8. The third-order valence-corrected chi connectivity index (χ3v) is 21.8. The first kappa shape index (κ1) is 76.8. The summed E-state index contributed by atoms with van der Waals surface area (Å²) in [5, 5.41) is 0. The van der Waals surface area contributed by atoms with Gasteiger partial charge in [0, 0.05) is 11.8 Å². The molecule has 0 saturated heterocycles. The van der Waals surface area contributed by atoms with Gasteiger partial charge in [-0.3, -0.25) is 0 Å². The first-order valence-corrected chi connectivity index (χ1v) is 30.6. The standard InChI is InChI=1S/C22H36.2C21H38.9CH4/c1-17-3-7-19(8-4-17)9-10-20-11-15-22(16-12-20)21-13-5-18(2)6-14-21;2*1-16-3-7-18(8-4-16)15-19-9-13-21(14-10-19)20-11-5-17(2)6-12-20;;;;;;;;;/h17-22H,3-8,11-16H2,1-2H3;2*16-21H,3-15H2,1-2H3;9*1H4. The van der Waals surface area contributed by atoms with Gasteiger partial charge in [0.15, 0.2) is 0 Å². The third-order valence-electron chi connectivity index (χ3n) is 21.8. The summed E-state index contributed by atoms with van der Waals surface area (Å²) in [4.78, 5) is 0. The van der Waals surface area contributed by atoms with Gasteiger partial charge in [0.05, 0.1) is 0 Å². The molecule has 0 aliphatic heterocycles. The van der Waals surface area contributed by atoms with Crippen LogP contribution in [0.25, 0.3) is 0 Å². The molecule has 9 aliphatic rings. The van der Waals surface area contributed by atoms with Crippen LogP contribution in [0, 0.1) is 118 Å². The second-order valence-corrected chi connectivity index (χ2v) is 27.2. The van der Waals surface area contributed by atoms with Crippen molar-refractivity contribution in [2.75, 3.05) is 0 Å². The second kappa shape index (κ2) is 40.7. The van der Waals surface area contributed by atoms with E-state index in [0.29, 0.717) is 0 Å². The molecule has 0 nitrogen and oxygen atoms in total. The highest BCUT2D eigenvalue weighted by atomic mass is 14.4. The number of hydrogen-bond acceptors (Lipinski definition) is 0. The van der Waals surface area contributed by atoms with Crippen molar-refractivity contribution < 1.29 is 0 Å². The maximum absolute atomic E-state index is 3.69. The monoisotopic (exact) mass is 1030 g/mol. The molecular formula is C73H148. The molecule has 0 atom stereocenters. The van der Waals surface area contributed by atoms with Crippen LogP contribution in [0.1, 0.15) is 352 Å². The smallest absolute Gasteiger partial charge is 0.0203 e. The molecule has 9 aliphatic carbocycles. The average Bonchev–Trinajstić information content (AvgIpc) is 3.32. The SMILES string of the molecule is C.C.C.C.C.C.C.C.C.CC1CCC(C#CC2CCC(C3CCC(C)CC3)CC2)CC1.CC1CCC(CC2CCC(C3CCC(C)CC3)CC2)CC1.CC1CCC(CC2CCC(C3CCC(C)CC3)CC2)CC1. The Balaban J connectivity index is -0.000000949. The van der Waals surface area contributed by atoms with Crippen molar-refractivity contribution in [1.29, 1.82) is 0 Å². The average molecular weight is 1030 g/mol. The highest BCUT2D eigenvalue weighted by molar-refractivity contribution is 5.09. The molecule has 0 aromatic rings. The Morgan fingerprint density at radius 1 is 0.192 bits per heavy atom. The molecule has 0 amide bonds. The van der Waals surface area contributed by atoms with E-state index in [-0.39, 0.29) is 66.8 Å². The Morgan fingerprint density at radius 2 is 0.329 bits per heavy atom. The van der Waals surface area contributed by atoms with E-state index < -0.39 is 0 Å². The fourth-order valence-corrected chi connectivity index (χ4v) is 16.5. The van der Waals surface area contributed by atoms with Gasteiger partial charge in [-0.05, 0) is 223 Å². The van der Waals surface area contributed by atoms with Crippen molar-refractivity contribution in [3.63, 3.8) is 0 Å². The van der Waals surface area contributed by atoms with Gasteiger partial charge in [0.25, 0.3) is 0 Å². The topological polar surface area (TPSA) is 0 Å². The van der Waals surface area contributed by atoms with Crippen LogP contribution in [0.2, 0.25) is 0 Å². The maximum atomic E-state index is 3.69. The molecule has 0 radical (unpaired) electrons. The van der Waals surface area contributed by atoms with E-state index in [2.05, 4.69) is 53.4 Å². The minimum Gasteiger partial charge on any atom is -0.0996 e. The second-order valence-electron chi connectivity index (χ2n) is 27.2. The van der Waals surface area contributed by atoms with E-state index >= 15 is 0 Å². The van der Waals surface area contributed by atoms with E-state index in [4.69, 9.17) is 0 Å². The van der Waals surface area contributed by atoms with Crippen molar-refractivity contribution in [1.82, 2.24) is 0 Å². The highest BCUT2D eigenvalue weighted by Gasteiger charge is 2.34. The Kier molecular flexibility index (Phi) is 42.8. The van der Waals surface area contributed by atoms with E-state index in [1.54, 1.807) is 116 Å². The minimum atomic E-state index is 0. The molecule has 73 heavy (non-hydrogen) atoms. The van der Waals surface area contributed by atoms with Gasteiger partial charge in [-0.1, -0.05) is 236 Å². The molecule has 0 unspecified atom stereocenters. The Morgan fingerprint density at radius 3 is 0.548 bits per heavy atom. The largest absolute Gasteiger partial charge is 0.0996 e. The zero-order valence-electron chi connectivity index (χ0n) is 44.3. The summed E-state index contributed by atoms with van der Waals surface area (Å²) in [6, 6.07) is 0. The van der Waals surface area contributed by atoms with Gasteiger partial charge in [-0.2, -0.15) is 0 Å². The number of rotatable bonds is 7. The van der Waals surface area contributed by atoms with Gasteiger partial charge < -0.3 is 0 Å². The lowest BCUT2D eigenvalue weighted by atomic mass is 9.67. The van der Waals surface area contributed by atoms with Crippen molar-refractivity contribution in [3.05, 3.63) is 0 Å². The van der Waals surface area contributed by atoms with Crippen LogP contribution >= 0.6 is 0 Å². The molecule has 0 heteroatoms. The van der Waals surface area contributed by atoms with Crippen LogP contribution in [-0.2, 0) is 0 Å². The zero-order valence-corrected chi connectivity index (χ0v) is 44.3. The van der Waals surface area contributed by atoms with Crippen LogP contribution in [0.3, 0.4) is 0 Å². The van der Waals surface area contributed by atoms with Crippen molar-refractivity contribution in [2.24, 2.45) is 107 Å². The van der Waals surface area contributed by atoms with Crippen LogP contribution in [0.4, 0.5) is 0 Å². The molecule has 0 heterocycles. The molecule has 9 saturated carbocycles. The van der Waals surface area contributed by atoms with E-state index in [9.17, 15) is 0 Å². The lowest BCUT2D eigenvalue weighted by Crippen LogP contribution is -2.26. The van der Waals surface area contributed by atoms with Crippen molar-refractivity contribution in [3.8, 4) is 11.8 Å². The maximum Gasteiger partial charge on any atom is 0.0203 e. The fourth-order valence-electron chi connectivity index (χ4n) is 16.5. The quantitative estimate of drug-likeness (QED) is 0.223. The first-order chi connectivity index (χ1) is 31.1. The van der Waals surface area contributed by atoms with Gasteiger partial charge in [-0.25, -0.2) is 0 Å². The Hall–Kier alpha value is -0.440. The van der Waals surface area contributed by atoms with Crippen LogP contribution in [0.15, 0.2) is 0 Å². The first-order valence-electron chi connectivity index (χ1n) is 30.6. The van der Waals surface area contributed by atoms with Crippen molar-refractivity contribution in [2.45, 2.75) is 352 Å². The van der Waals surface area contributed by atoms with Crippen LogP contribution in [0.5, 0.6) is 0 Å². The molecular weight excluding hydrogens is 877 g/mol. The Bertz CT molecular complexity index is 1200. The predicted molar refractivity (Wildman–Crippen MR) is 341 cm³/mol. The lowest BCUT2D eigenvalue weighted by Gasteiger charge is -2.38. The third kappa shape index (κ3) is 26.4. The number of hydrogen-bond donors (Lipinski definition) is 0. The summed E-state index contributed by atoms with van der Waals surface area (Å²) in [6.45, 7) is 14.7. The van der Waals surface area contributed by atoms with Crippen LogP contribution in [-0.4, -0.2) is 0 Å². The molecule has 0 N–H and O–H groups in total. The minimum absolute atomic E-state index is 0. The van der Waals surface area contributed by atoms with Gasteiger partial charge in [0.1, 0.15) is 0 Å². The molecule has 0 aromatic carbocycles. The van der Waals surface area contributed by atoms with Crippen LogP contribution < -0.4 is 0 Å². The molecule has 0 aromatic heterocycles. The van der Waals surface area contributed by atoms with Gasteiger partial charge in [0.2, 0.25) is 0 Å². The van der Waals surface area contributed by atoms with E-state index in [0.717, 1.165) is 107 Å². The lowest BCUT2D eigenvalue weighted by molar-refractivity contribution is 0.133. The molecule has 9 rings (SSSR count). The summed E-state index contributed by atoms with van der Waals surface area (Å²) in [5.41, 5.74) is 0. The van der Waals surface area contributed by atoms with E-state index in [1.165, 1.54) is 128 Å². The summed E-state index contributed by atoms with van der Waals surface area (Å²) in [7, 11) is 0. The molecule has 440 valence electrons. The fraction of sp³-hybridized carbons (Fsp3) is 0.973. The van der Waals surface area contributed by atoms with Gasteiger partial charge in [-0.15, -0.1) is 0 Å². The molecule has 0 spiro atoms. The highest BCUT2D eigenvalue weighted by Crippen LogP contribution is 2.46. The van der Waals surface area contributed by atoms with Gasteiger partial charge >= 0.3 is 0 Å². The van der Waals surface area contributed by atoms with E-state index in [1.807, 2.05) is 0 Å². The molecule has 9 fully saturated rings. The Labute approximate surface area is 468 Å². The summed E-state index contributed by atoms with van der Waals surface area (Å²) in [6.07, 6.45) is 57.6. The van der Waals surface area contributed by atoms with Crippen molar-refractivity contribution >= 4 is 0 Å². The summed E-state index contributed by atoms with van der Waals surface area (Å²) < 4.78 is 0. The normalized spacial score (nSPS) is 39.2. The zero-order chi connectivity index (χ0) is 44.7. The summed E-state index contributed by atoms with van der Waals surface area (Å²) in [5.74, 6) is 25.8.